The van der Waals surface area contributed by atoms with Crippen LogP contribution in [0.1, 0.15) is 62.4 Å². The first-order chi connectivity index (χ1) is 9.16. The predicted molar refractivity (Wildman–Crippen MR) is 75.8 cm³/mol. The first kappa shape index (κ1) is 15.9. The molecule has 0 saturated carbocycles. The lowest BCUT2D eigenvalue weighted by atomic mass is 10.1. The van der Waals surface area contributed by atoms with Gasteiger partial charge in [-0.05, 0) is 18.9 Å². The van der Waals surface area contributed by atoms with Gasteiger partial charge in [-0.3, -0.25) is 0 Å². The smallest absolute Gasteiger partial charge is 0.357 e. The topological polar surface area (TPSA) is 51.5 Å². The Morgan fingerprint density at radius 1 is 1.26 bits per heavy atom. The molecule has 0 saturated heterocycles. The summed E-state index contributed by atoms with van der Waals surface area (Å²) in [4.78, 5) is 16.4. The second-order valence-electron chi connectivity index (χ2n) is 4.60. The molecule has 0 aromatic carbocycles. The van der Waals surface area contributed by atoms with Gasteiger partial charge < -0.3 is 9.94 Å². The van der Waals surface area contributed by atoms with Crippen LogP contribution in [0.2, 0.25) is 5.02 Å². The third-order valence-electron chi connectivity index (χ3n) is 2.98. The molecule has 4 nitrogen and oxygen atoms in total. The third-order valence-corrected chi connectivity index (χ3v) is 3.29. The van der Waals surface area contributed by atoms with Gasteiger partial charge in [-0.2, -0.15) is 4.73 Å². The quantitative estimate of drug-likeness (QED) is 0.661. The highest BCUT2D eigenvalue weighted by Gasteiger charge is 2.15. The zero-order chi connectivity index (χ0) is 14.1. The van der Waals surface area contributed by atoms with Gasteiger partial charge >= 0.3 is 5.97 Å². The summed E-state index contributed by atoms with van der Waals surface area (Å²) in [7, 11) is 0. The van der Waals surface area contributed by atoms with Crippen molar-refractivity contribution in [2.45, 2.75) is 51.9 Å². The van der Waals surface area contributed by atoms with Crippen LogP contribution in [-0.2, 0) is 0 Å². The number of aromatic carboxylic acids is 1. The van der Waals surface area contributed by atoms with Gasteiger partial charge in [0.2, 0.25) is 0 Å². The summed E-state index contributed by atoms with van der Waals surface area (Å²) >= 11 is 5.77. The molecular weight excluding hydrogens is 266 g/mol. The Morgan fingerprint density at radius 2 is 1.89 bits per heavy atom. The van der Waals surface area contributed by atoms with Crippen molar-refractivity contribution in [3.8, 4) is 0 Å². The monoisotopic (exact) mass is 287 g/mol. The molecule has 19 heavy (non-hydrogen) atoms. The number of unbranched alkanes of at least 4 members (excludes halogenated alkanes) is 6. The van der Waals surface area contributed by atoms with Crippen LogP contribution in [-0.4, -0.2) is 22.4 Å². The average molecular weight is 288 g/mol. The van der Waals surface area contributed by atoms with Crippen molar-refractivity contribution in [1.82, 2.24) is 4.73 Å². The molecule has 1 aromatic rings. The lowest BCUT2D eigenvalue weighted by molar-refractivity contribution is 0.0589. The molecule has 1 rings (SSSR count). The normalized spacial score (nSPS) is 10.6. The van der Waals surface area contributed by atoms with Gasteiger partial charge in [0.05, 0.1) is 5.02 Å². The lowest BCUT2D eigenvalue weighted by Crippen LogP contribution is -2.17. The molecule has 0 spiro atoms. The van der Waals surface area contributed by atoms with E-state index in [0.717, 1.165) is 12.8 Å². The Labute approximate surface area is 119 Å². The van der Waals surface area contributed by atoms with Crippen LogP contribution in [0, 0.1) is 0 Å². The standard InChI is InChI=1S/C14H22ClNO3/c1-2-3-4-5-6-7-8-11-19-16-10-9-12(15)13(16)14(17)18/h9-10H,2-8,11H2,1H3,(H,17,18). The van der Waals surface area contributed by atoms with Gasteiger partial charge in [0.15, 0.2) is 5.69 Å². The van der Waals surface area contributed by atoms with Crippen LogP contribution < -0.4 is 4.84 Å². The summed E-state index contributed by atoms with van der Waals surface area (Å²) in [6, 6.07) is 1.52. The van der Waals surface area contributed by atoms with Crippen LogP contribution in [0.15, 0.2) is 12.3 Å². The summed E-state index contributed by atoms with van der Waals surface area (Å²) < 4.78 is 1.24. The Morgan fingerprint density at radius 3 is 2.53 bits per heavy atom. The summed E-state index contributed by atoms with van der Waals surface area (Å²) in [5.74, 6) is -1.07. The summed E-state index contributed by atoms with van der Waals surface area (Å²) in [6.45, 7) is 2.72. The van der Waals surface area contributed by atoms with Crippen molar-refractivity contribution in [2.24, 2.45) is 0 Å². The number of rotatable bonds is 10. The molecule has 0 atom stereocenters. The Balaban J connectivity index is 2.18. The number of carbonyl (C=O) groups is 1. The maximum absolute atomic E-state index is 11.0. The van der Waals surface area contributed by atoms with Crippen molar-refractivity contribution in [2.75, 3.05) is 6.61 Å². The van der Waals surface area contributed by atoms with E-state index in [2.05, 4.69) is 6.92 Å². The van der Waals surface area contributed by atoms with Gasteiger partial charge in [-0.25, -0.2) is 4.79 Å². The van der Waals surface area contributed by atoms with Crippen LogP contribution in [0.4, 0.5) is 0 Å². The fourth-order valence-corrected chi connectivity index (χ4v) is 2.14. The molecule has 0 bridgehead atoms. The predicted octanol–water partition coefficient (Wildman–Crippen LogP) is 4.02. The third kappa shape index (κ3) is 5.55. The van der Waals surface area contributed by atoms with E-state index in [1.807, 2.05) is 0 Å². The minimum absolute atomic E-state index is 0.00962. The van der Waals surface area contributed by atoms with E-state index in [0.29, 0.717) is 6.61 Å². The zero-order valence-corrected chi connectivity index (χ0v) is 12.2. The van der Waals surface area contributed by atoms with Crippen molar-refractivity contribution in [3.63, 3.8) is 0 Å². The summed E-state index contributed by atoms with van der Waals surface area (Å²) in [5.41, 5.74) is -0.00962. The van der Waals surface area contributed by atoms with Crippen molar-refractivity contribution >= 4 is 17.6 Å². The molecule has 0 fully saturated rings. The van der Waals surface area contributed by atoms with Crippen LogP contribution in [0.3, 0.4) is 0 Å². The molecule has 1 aromatic heterocycles. The van der Waals surface area contributed by atoms with E-state index in [4.69, 9.17) is 21.5 Å². The van der Waals surface area contributed by atoms with Crippen LogP contribution in [0.5, 0.6) is 0 Å². The van der Waals surface area contributed by atoms with E-state index in [-0.39, 0.29) is 10.7 Å². The molecule has 5 heteroatoms. The minimum atomic E-state index is -1.07. The van der Waals surface area contributed by atoms with E-state index in [1.54, 1.807) is 0 Å². The molecule has 1 N–H and O–H groups in total. The van der Waals surface area contributed by atoms with Gasteiger partial charge in [-0.15, -0.1) is 0 Å². The number of aromatic nitrogens is 1. The molecule has 0 aliphatic heterocycles. The van der Waals surface area contributed by atoms with Gasteiger partial charge in [0.25, 0.3) is 0 Å². The molecule has 0 aliphatic carbocycles. The molecule has 0 radical (unpaired) electrons. The highest BCUT2D eigenvalue weighted by molar-refractivity contribution is 6.33. The Kier molecular flexibility index (Phi) is 7.41. The molecule has 0 amide bonds. The number of halogens is 1. The number of hydrogen-bond donors (Lipinski definition) is 1. The van der Waals surface area contributed by atoms with Gasteiger partial charge in [0.1, 0.15) is 6.61 Å². The van der Waals surface area contributed by atoms with E-state index in [1.165, 1.54) is 49.1 Å². The molecule has 1 heterocycles. The number of carboxylic acid groups (broad SMARTS) is 1. The summed E-state index contributed by atoms with van der Waals surface area (Å²) in [6.07, 6.45) is 9.92. The maximum atomic E-state index is 11.0. The SMILES string of the molecule is CCCCCCCCCOn1ccc(Cl)c1C(=O)O. The van der Waals surface area contributed by atoms with Crippen LogP contribution in [0.25, 0.3) is 0 Å². The first-order valence-corrected chi connectivity index (χ1v) is 7.28. The zero-order valence-electron chi connectivity index (χ0n) is 11.4. The molecular formula is C14H22ClNO3. The highest BCUT2D eigenvalue weighted by atomic mass is 35.5. The fourth-order valence-electron chi connectivity index (χ4n) is 1.92. The second-order valence-corrected chi connectivity index (χ2v) is 5.00. The molecule has 108 valence electrons. The van der Waals surface area contributed by atoms with E-state index >= 15 is 0 Å². The Bertz CT molecular complexity index is 390. The van der Waals surface area contributed by atoms with Gasteiger partial charge in [0, 0.05) is 6.20 Å². The fraction of sp³-hybridized carbons (Fsp3) is 0.643. The van der Waals surface area contributed by atoms with Crippen molar-refractivity contribution < 1.29 is 14.7 Å². The first-order valence-electron chi connectivity index (χ1n) is 6.90. The van der Waals surface area contributed by atoms with E-state index < -0.39 is 5.97 Å². The van der Waals surface area contributed by atoms with Gasteiger partial charge in [-0.1, -0.05) is 50.6 Å². The Hall–Kier alpha value is -1.16. The van der Waals surface area contributed by atoms with Crippen molar-refractivity contribution in [1.29, 1.82) is 0 Å². The lowest BCUT2D eigenvalue weighted by Gasteiger charge is -2.08. The highest BCUT2D eigenvalue weighted by Crippen LogP contribution is 2.16. The minimum Gasteiger partial charge on any atom is -0.476 e. The number of hydrogen-bond acceptors (Lipinski definition) is 2. The largest absolute Gasteiger partial charge is 0.476 e. The molecule has 0 unspecified atom stereocenters. The van der Waals surface area contributed by atoms with Crippen molar-refractivity contribution in [3.05, 3.63) is 23.0 Å². The van der Waals surface area contributed by atoms with Crippen LogP contribution >= 0.6 is 11.6 Å². The number of carboxylic acids is 1. The summed E-state index contributed by atoms with van der Waals surface area (Å²) in [5, 5.41) is 9.17. The molecule has 0 aliphatic rings. The number of nitrogens with zero attached hydrogens (tertiary/aromatic N) is 1. The maximum Gasteiger partial charge on any atom is 0.357 e. The average Bonchev–Trinajstić information content (AvgIpc) is 2.74. The van der Waals surface area contributed by atoms with E-state index in [9.17, 15) is 4.79 Å². The second kappa shape index (κ2) is 8.86.